The van der Waals surface area contributed by atoms with Gasteiger partial charge < -0.3 is 14.3 Å². The van der Waals surface area contributed by atoms with E-state index in [1.165, 1.54) is 16.2 Å². The summed E-state index contributed by atoms with van der Waals surface area (Å²) in [7, 11) is 1.56. The Morgan fingerprint density at radius 2 is 1.88 bits per heavy atom. The SMILES string of the molecule is COc1ccc(C(O)=C2C(=O)C(=O)N(c3nc4ccc(C)cc4s3)C2c2ccc(C)o2)cc1C. The zero-order valence-electron chi connectivity index (χ0n) is 19.1. The van der Waals surface area contributed by atoms with E-state index in [4.69, 9.17) is 9.15 Å². The second kappa shape index (κ2) is 8.14. The number of aliphatic hydroxyl groups is 1. The summed E-state index contributed by atoms with van der Waals surface area (Å²) in [5, 5.41) is 11.6. The third kappa shape index (κ3) is 3.47. The number of methoxy groups -OCH3 is 1. The van der Waals surface area contributed by atoms with E-state index in [1.807, 2.05) is 32.0 Å². The van der Waals surface area contributed by atoms with Gasteiger partial charge in [0.05, 0.1) is 22.9 Å². The van der Waals surface area contributed by atoms with Gasteiger partial charge in [0, 0.05) is 5.56 Å². The third-order valence-corrected chi connectivity index (χ3v) is 6.90. The van der Waals surface area contributed by atoms with Gasteiger partial charge in [0.2, 0.25) is 0 Å². The molecule has 1 amide bonds. The number of aromatic nitrogens is 1. The minimum absolute atomic E-state index is 0.0423. The molecular weight excluding hydrogens is 452 g/mol. The van der Waals surface area contributed by atoms with Crippen molar-refractivity contribution in [2.24, 2.45) is 0 Å². The Hall–Kier alpha value is -3.91. The smallest absolute Gasteiger partial charge is 0.302 e. The molecule has 1 aliphatic heterocycles. The first-order valence-corrected chi connectivity index (χ1v) is 11.5. The van der Waals surface area contributed by atoms with Crippen molar-refractivity contribution in [3.63, 3.8) is 0 Å². The van der Waals surface area contributed by atoms with Crippen LogP contribution in [-0.4, -0.2) is 28.9 Å². The van der Waals surface area contributed by atoms with Crippen LogP contribution in [0.25, 0.3) is 16.0 Å². The first-order valence-electron chi connectivity index (χ1n) is 10.7. The normalized spacial score (nSPS) is 17.6. The molecular formula is C26H22N2O5S. The fraction of sp³-hybridized carbons (Fsp3) is 0.192. The summed E-state index contributed by atoms with van der Waals surface area (Å²) in [6, 6.07) is 13.4. The van der Waals surface area contributed by atoms with Crippen molar-refractivity contribution in [3.05, 3.63) is 82.3 Å². The van der Waals surface area contributed by atoms with Crippen LogP contribution in [0.4, 0.5) is 5.13 Å². The van der Waals surface area contributed by atoms with Crippen LogP contribution in [0, 0.1) is 20.8 Å². The number of Topliss-reactive ketones (excluding diaryl/α,β-unsaturated/α-hetero) is 1. The summed E-state index contributed by atoms with van der Waals surface area (Å²) in [6.07, 6.45) is 0. The minimum atomic E-state index is -0.947. The quantitative estimate of drug-likeness (QED) is 0.240. The van der Waals surface area contributed by atoms with E-state index in [0.29, 0.717) is 28.0 Å². The van der Waals surface area contributed by atoms with E-state index in [9.17, 15) is 14.7 Å². The number of nitrogens with zero attached hydrogens (tertiary/aromatic N) is 2. The number of furan rings is 1. The van der Waals surface area contributed by atoms with Crippen LogP contribution in [0.15, 0.2) is 58.5 Å². The zero-order chi connectivity index (χ0) is 24.1. The Morgan fingerprint density at radius 3 is 2.56 bits per heavy atom. The first kappa shape index (κ1) is 21.9. The number of hydrogen-bond donors (Lipinski definition) is 1. The maximum atomic E-state index is 13.3. The van der Waals surface area contributed by atoms with E-state index >= 15 is 0 Å². The summed E-state index contributed by atoms with van der Waals surface area (Å²) >= 11 is 1.32. The number of aryl methyl sites for hydroxylation is 3. The summed E-state index contributed by atoms with van der Waals surface area (Å²) in [5.74, 6) is -0.176. The van der Waals surface area contributed by atoms with Gasteiger partial charge in [-0.3, -0.25) is 14.5 Å². The lowest BCUT2D eigenvalue weighted by molar-refractivity contribution is -0.132. The number of rotatable bonds is 4. The lowest BCUT2D eigenvalue weighted by atomic mass is 9.98. The van der Waals surface area contributed by atoms with Crippen molar-refractivity contribution in [2.75, 3.05) is 12.0 Å². The van der Waals surface area contributed by atoms with Crippen molar-refractivity contribution in [2.45, 2.75) is 26.8 Å². The number of aliphatic hydroxyl groups excluding tert-OH is 1. The summed E-state index contributed by atoms with van der Waals surface area (Å²) in [4.78, 5) is 32.5. The maximum absolute atomic E-state index is 13.3. The molecule has 8 heteroatoms. The van der Waals surface area contributed by atoms with Gasteiger partial charge in [-0.1, -0.05) is 17.4 Å². The van der Waals surface area contributed by atoms with Crippen molar-refractivity contribution >= 4 is 44.1 Å². The number of fused-ring (bicyclic) bond motifs is 1. The lowest BCUT2D eigenvalue weighted by Gasteiger charge is -2.20. The molecule has 1 saturated heterocycles. The van der Waals surface area contributed by atoms with Gasteiger partial charge in [-0.15, -0.1) is 0 Å². The lowest BCUT2D eigenvalue weighted by Crippen LogP contribution is -2.29. The number of ether oxygens (including phenoxy) is 1. The first-order chi connectivity index (χ1) is 16.3. The number of hydrogen-bond acceptors (Lipinski definition) is 7. The van der Waals surface area contributed by atoms with E-state index in [-0.39, 0.29) is 11.3 Å². The Labute approximate surface area is 199 Å². The number of carbonyl (C=O) groups excluding carboxylic acids is 2. The molecule has 1 N–H and O–H groups in total. The van der Waals surface area contributed by atoms with Gasteiger partial charge in [0.1, 0.15) is 29.1 Å². The van der Waals surface area contributed by atoms with Gasteiger partial charge in [-0.2, -0.15) is 0 Å². The van der Waals surface area contributed by atoms with Gasteiger partial charge >= 0.3 is 5.91 Å². The monoisotopic (exact) mass is 474 g/mol. The zero-order valence-corrected chi connectivity index (χ0v) is 19.9. The largest absolute Gasteiger partial charge is 0.507 e. The second-order valence-electron chi connectivity index (χ2n) is 8.27. The standard InChI is InChI=1S/C26H22N2O5S/c1-13-5-8-17-20(11-13)34-26(27-17)28-22(19-9-6-15(3)33-19)21(24(30)25(28)31)23(29)16-7-10-18(32-4)14(2)12-16/h5-12,22,29H,1-4H3. The minimum Gasteiger partial charge on any atom is -0.507 e. The number of amides is 1. The van der Waals surface area contributed by atoms with Gasteiger partial charge in [-0.25, -0.2) is 4.98 Å². The predicted molar refractivity (Wildman–Crippen MR) is 130 cm³/mol. The van der Waals surface area contributed by atoms with Crippen LogP contribution in [0.2, 0.25) is 0 Å². The predicted octanol–water partition coefficient (Wildman–Crippen LogP) is 5.45. The fourth-order valence-electron chi connectivity index (χ4n) is 4.20. The van der Waals surface area contributed by atoms with Crippen LogP contribution in [-0.2, 0) is 9.59 Å². The van der Waals surface area contributed by atoms with E-state index in [1.54, 1.807) is 44.4 Å². The molecule has 7 nitrogen and oxygen atoms in total. The third-order valence-electron chi connectivity index (χ3n) is 5.88. The molecule has 1 unspecified atom stereocenters. The summed E-state index contributed by atoms with van der Waals surface area (Å²) in [5.41, 5.74) is 2.95. The number of anilines is 1. The van der Waals surface area contributed by atoms with Gasteiger partial charge in [0.15, 0.2) is 5.13 Å². The molecule has 0 radical (unpaired) electrons. The molecule has 1 aliphatic rings. The molecule has 0 bridgehead atoms. The average Bonchev–Trinajstić information content (AvgIpc) is 3.49. The molecule has 0 saturated carbocycles. The van der Waals surface area contributed by atoms with Crippen molar-refractivity contribution < 1.29 is 23.8 Å². The molecule has 4 aromatic rings. The van der Waals surface area contributed by atoms with Crippen LogP contribution < -0.4 is 9.64 Å². The summed E-state index contributed by atoms with van der Waals surface area (Å²) in [6.45, 7) is 5.60. The molecule has 2 aromatic carbocycles. The average molecular weight is 475 g/mol. The van der Waals surface area contributed by atoms with Crippen molar-refractivity contribution in [1.82, 2.24) is 4.98 Å². The van der Waals surface area contributed by atoms with Crippen LogP contribution in [0.1, 0.15) is 34.3 Å². The van der Waals surface area contributed by atoms with Gasteiger partial charge in [0.25, 0.3) is 5.78 Å². The topological polar surface area (TPSA) is 92.9 Å². The highest BCUT2D eigenvalue weighted by Gasteiger charge is 2.49. The Balaban J connectivity index is 1.71. The molecule has 2 aromatic heterocycles. The van der Waals surface area contributed by atoms with E-state index < -0.39 is 17.7 Å². The molecule has 172 valence electrons. The number of thiazole rings is 1. The van der Waals surface area contributed by atoms with E-state index in [0.717, 1.165) is 21.3 Å². The molecule has 1 atom stereocenters. The number of ketones is 1. The second-order valence-corrected chi connectivity index (χ2v) is 9.28. The number of carbonyl (C=O) groups is 2. The van der Waals surface area contributed by atoms with Crippen LogP contribution in [0.5, 0.6) is 5.75 Å². The molecule has 3 heterocycles. The van der Waals surface area contributed by atoms with Crippen molar-refractivity contribution in [3.8, 4) is 5.75 Å². The molecule has 0 aliphatic carbocycles. The molecule has 1 fully saturated rings. The molecule has 34 heavy (non-hydrogen) atoms. The Kier molecular flexibility index (Phi) is 5.25. The molecule has 5 rings (SSSR count). The Bertz CT molecular complexity index is 1500. The number of benzene rings is 2. The van der Waals surface area contributed by atoms with Gasteiger partial charge in [-0.05, 0) is 74.4 Å². The maximum Gasteiger partial charge on any atom is 0.302 e. The molecule has 0 spiro atoms. The summed E-state index contributed by atoms with van der Waals surface area (Å²) < 4.78 is 12.1. The van der Waals surface area contributed by atoms with Crippen LogP contribution >= 0.6 is 11.3 Å². The van der Waals surface area contributed by atoms with E-state index in [2.05, 4.69) is 4.98 Å². The Morgan fingerprint density at radius 1 is 1.09 bits per heavy atom. The van der Waals surface area contributed by atoms with Crippen molar-refractivity contribution in [1.29, 1.82) is 0 Å². The highest BCUT2D eigenvalue weighted by Crippen LogP contribution is 2.45. The van der Waals surface area contributed by atoms with Crippen LogP contribution in [0.3, 0.4) is 0 Å². The highest BCUT2D eigenvalue weighted by molar-refractivity contribution is 7.22. The highest BCUT2D eigenvalue weighted by atomic mass is 32.1. The fourth-order valence-corrected chi connectivity index (χ4v) is 5.29.